The molecule has 0 aromatic heterocycles. The Hall–Kier alpha value is -1.36. The van der Waals surface area contributed by atoms with Crippen LogP contribution in [0, 0.1) is 11.3 Å². The predicted octanol–water partition coefficient (Wildman–Crippen LogP) is 2.49. The highest BCUT2D eigenvalue weighted by molar-refractivity contribution is 6.06. The van der Waals surface area contributed by atoms with Crippen LogP contribution < -0.4 is 0 Å². The normalized spacial score (nSPS) is 13.2. The van der Waals surface area contributed by atoms with Gasteiger partial charge < -0.3 is 0 Å². The Morgan fingerprint density at radius 1 is 1.67 bits per heavy atom. The Morgan fingerprint density at radius 2 is 2.33 bits per heavy atom. The third-order valence-electron chi connectivity index (χ3n) is 1.46. The van der Waals surface area contributed by atoms with Gasteiger partial charge in [0.05, 0.1) is 0 Å². The smallest absolute Gasteiger partial charge is 0.134 e. The molecule has 0 aliphatic carbocycles. The van der Waals surface area contributed by atoms with E-state index in [2.05, 4.69) is 18.2 Å². The molecule has 1 atom stereocenters. The Bertz CT molecular complexity index is 220. The van der Waals surface area contributed by atoms with E-state index in [0.717, 1.165) is 12.8 Å². The fourth-order valence-corrected chi connectivity index (χ4v) is 0.788. The fraction of sp³-hybridized carbons (Fsp3) is 0.400. The second-order valence-electron chi connectivity index (χ2n) is 2.55. The molecule has 0 amide bonds. The van der Waals surface area contributed by atoms with E-state index >= 15 is 0 Å². The van der Waals surface area contributed by atoms with Crippen LogP contribution in [0.3, 0.4) is 0 Å². The van der Waals surface area contributed by atoms with Crippen LogP contribution in [0.25, 0.3) is 0 Å². The molecule has 0 aromatic carbocycles. The van der Waals surface area contributed by atoms with E-state index in [0.29, 0.717) is 5.71 Å². The topological polar surface area (TPSA) is 36.1 Å². The first-order valence-corrected chi connectivity index (χ1v) is 3.95. The molecule has 0 spiro atoms. The summed E-state index contributed by atoms with van der Waals surface area (Å²) in [4.78, 5) is 4.14. The molecule has 0 saturated carbocycles. The molecular formula is C10H14N2. The van der Waals surface area contributed by atoms with Gasteiger partial charge >= 0.3 is 0 Å². The maximum absolute atomic E-state index is 8.53. The summed E-state index contributed by atoms with van der Waals surface area (Å²) in [5, 5.41) is 8.53. The van der Waals surface area contributed by atoms with Crippen molar-refractivity contribution in [1.29, 1.82) is 5.26 Å². The van der Waals surface area contributed by atoms with Crippen molar-refractivity contribution in [3.05, 3.63) is 25.3 Å². The summed E-state index contributed by atoms with van der Waals surface area (Å²) in [5.74, 6) is 0. The van der Waals surface area contributed by atoms with Crippen LogP contribution in [-0.2, 0) is 0 Å². The minimum Gasteiger partial charge on any atom is -0.271 e. The van der Waals surface area contributed by atoms with Crippen LogP contribution in [0.4, 0.5) is 0 Å². The molecule has 0 fully saturated rings. The van der Waals surface area contributed by atoms with Gasteiger partial charge in [-0.2, -0.15) is 5.26 Å². The summed E-state index contributed by atoms with van der Waals surface area (Å²) >= 11 is 0. The van der Waals surface area contributed by atoms with E-state index in [-0.39, 0.29) is 6.04 Å². The van der Waals surface area contributed by atoms with Crippen molar-refractivity contribution >= 4 is 5.71 Å². The molecule has 0 aliphatic rings. The van der Waals surface area contributed by atoms with E-state index in [1.807, 2.05) is 19.1 Å². The van der Waals surface area contributed by atoms with Gasteiger partial charge in [0.2, 0.25) is 0 Å². The molecule has 12 heavy (non-hydrogen) atoms. The molecule has 2 heteroatoms. The van der Waals surface area contributed by atoms with Gasteiger partial charge in [-0.1, -0.05) is 12.7 Å². The minimum atomic E-state index is 0.177. The molecule has 0 aromatic rings. The quantitative estimate of drug-likeness (QED) is 0.452. The van der Waals surface area contributed by atoms with E-state index in [1.54, 1.807) is 0 Å². The molecule has 64 valence electrons. The number of hydrogen-bond acceptors (Lipinski definition) is 2. The lowest BCUT2D eigenvalue weighted by atomic mass is 10.2. The maximum atomic E-state index is 8.53. The van der Waals surface area contributed by atoms with Crippen LogP contribution in [0.15, 0.2) is 30.3 Å². The van der Waals surface area contributed by atoms with E-state index in [4.69, 9.17) is 5.26 Å². The van der Waals surface area contributed by atoms with Crippen LogP contribution >= 0.6 is 0 Å². The average Bonchev–Trinajstić information content (AvgIpc) is 2.10. The fourth-order valence-electron chi connectivity index (χ4n) is 0.788. The number of aliphatic imine (C=N–C) groups is 1. The van der Waals surface area contributed by atoms with E-state index in [9.17, 15) is 0 Å². The Labute approximate surface area is 73.9 Å². The third kappa shape index (κ3) is 4.45. The summed E-state index contributed by atoms with van der Waals surface area (Å²) in [6, 6.07) is 2.14. The van der Waals surface area contributed by atoms with Gasteiger partial charge in [0.1, 0.15) is 11.8 Å². The van der Waals surface area contributed by atoms with Crippen LogP contribution in [0.2, 0.25) is 0 Å². The van der Waals surface area contributed by atoms with Gasteiger partial charge in [0.15, 0.2) is 0 Å². The summed E-state index contributed by atoms with van der Waals surface area (Å²) in [6.07, 6.45) is 5.19. The predicted molar refractivity (Wildman–Crippen MR) is 52.1 cm³/mol. The lowest BCUT2D eigenvalue weighted by Gasteiger charge is -2.02. The first-order chi connectivity index (χ1) is 5.74. The molecule has 1 unspecified atom stereocenters. The second kappa shape index (κ2) is 6.36. The average molecular weight is 162 g/mol. The first kappa shape index (κ1) is 10.6. The number of nitrogens with zero attached hydrogens (tertiary/aromatic N) is 2. The zero-order valence-corrected chi connectivity index (χ0v) is 7.45. The van der Waals surface area contributed by atoms with Gasteiger partial charge in [0.25, 0.3) is 0 Å². The lowest BCUT2D eigenvalue weighted by molar-refractivity contribution is 0.680. The van der Waals surface area contributed by atoms with Gasteiger partial charge in [-0.15, -0.1) is 6.58 Å². The Kier molecular flexibility index (Phi) is 5.64. The minimum absolute atomic E-state index is 0.177. The zero-order chi connectivity index (χ0) is 9.40. The number of rotatable bonds is 5. The largest absolute Gasteiger partial charge is 0.271 e. The third-order valence-corrected chi connectivity index (χ3v) is 1.46. The van der Waals surface area contributed by atoms with Gasteiger partial charge in [0, 0.05) is 6.04 Å². The molecule has 0 aliphatic heterocycles. The molecule has 0 heterocycles. The summed E-state index contributed by atoms with van der Waals surface area (Å²) < 4.78 is 0. The zero-order valence-electron chi connectivity index (χ0n) is 7.45. The van der Waals surface area contributed by atoms with Crippen LogP contribution in [-0.4, -0.2) is 11.8 Å². The highest BCUT2D eigenvalue weighted by atomic mass is 14.8. The number of hydrogen-bond donors (Lipinski definition) is 0. The molecule has 2 nitrogen and oxygen atoms in total. The van der Waals surface area contributed by atoms with Crippen LogP contribution in [0.1, 0.15) is 19.8 Å². The van der Waals surface area contributed by atoms with Crippen molar-refractivity contribution < 1.29 is 0 Å². The monoisotopic (exact) mass is 162 g/mol. The SMILES string of the molecule is C=CCCC(C)N=C(C#N)C=C. The van der Waals surface area contributed by atoms with Gasteiger partial charge in [-0.3, -0.25) is 4.99 Å². The van der Waals surface area contributed by atoms with Gasteiger partial charge in [-0.05, 0) is 25.8 Å². The van der Waals surface area contributed by atoms with Crippen molar-refractivity contribution in [2.24, 2.45) is 4.99 Å². The summed E-state index contributed by atoms with van der Waals surface area (Å²) in [7, 11) is 0. The number of nitriles is 1. The Morgan fingerprint density at radius 3 is 2.75 bits per heavy atom. The first-order valence-electron chi connectivity index (χ1n) is 3.95. The standard InChI is InChI=1S/C10H14N2/c1-4-6-7-9(3)12-10(5-2)8-11/h4-5,9H,1-2,6-7H2,3H3. The second-order valence-corrected chi connectivity index (χ2v) is 2.55. The molecule has 0 radical (unpaired) electrons. The van der Waals surface area contributed by atoms with Gasteiger partial charge in [-0.25, -0.2) is 0 Å². The molecule has 0 bridgehead atoms. The van der Waals surface area contributed by atoms with Crippen molar-refractivity contribution in [3.63, 3.8) is 0 Å². The molecular weight excluding hydrogens is 148 g/mol. The highest BCUT2D eigenvalue weighted by Crippen LogP contribution is 2.01. The number of allylic oxidation sites excluding steroid dienone is 2. The van der Waals surface area contributed by atoms with E-state index in [1.165, 1.54) is 6.08 Å². The van der Waals surface area contributed by atoms with Crippen molar-refractivity contribution in [2.45, 2.75) is 25.8 Å². The summed E-state index contributed by atoms with van der Waals surface area (Å²) in [6.45, 7) is 9.09. The lowest BCUT2D eigenvalue weighted by Crippen LogP contribution is -2.01. The Balaban J connectivity index is 4.03. The highest BCUT2D eigenvalue weighted by Gasteiger charge is 1.98. The molecule has 0 N–H and O–H groups in total. The van der Waals surface area contributed by atoms with E-state index < -0.39 is 0 Å². The maximum Gasteiger partial charge on any atom is 0.134 e. The summed E-state index contributed by atoms with van der Waals surface area (Å²) in [5.41, 5.74) is 0.409. The van der Waals surface area contributed by atoms with Crippen molar-refractivity contribution in [2.75, 3.05) is 0 Å². The molecule has 0 saturated heterocycles. The van der Waals surface area contributed by atoms with Crippen molar-refractivity contribution in [3.8, 4) is 6.07 Å². The molecule has 0 rings (SSSR count). The van der Waals surface area contributed by atoms with Crippen molar-refractivity contribution in [1.82, 2.24) is 0 Å². The van der Waals surface area contributed by atoms with Crippen LogP contribution in [0.5, 0.6) is 0 Å².